The van der Waals surface area contributed by atoms with Gasteiger partial charge in [-0.15, -0.1) is 0 Å². The SMILES string of the molecule is CCC1CCC(Nc2snc(N)c2S(=O)(=O)N(C)C)C1C. The van der Waals surface area contributed by atoms with Gasteiger partial charge in [0.2, 0.25) is 10.0 Å². The van der Waals surface area contributed by atoms with Gasteiger partial charge in [0.25, 0.3) is 0 Å². The minimum atomic E-state index is -3.58. The molecule has 1 aliphatic rings. The highest BCUT2D eigenvalue weighted by Crippen LogP contribution is 2.39. The molecule has 0 aliphatic heterocycles. The van der Waals surface area contributed by atoms with Crippen LogP contribution in [0, 0.1) is 11.8 Å². The van der Waals surface area contributed by atoms with Gasteiger partial charge in [0.15, 0.2) is 10.7 Å². The van der Waals surface area contributed by atoms with Gasteiger partial charge in [-0.25, -0.2) is 12.7 Å². The number of rotatable bonds is 5. The Kier molecular flexibility index (Phi) is 4.79. The second-order valence-corrected chi connectivity index (χ2v) is 8.73. The maximum atomic E-state index is 12.4. The standard InChI is InChI=1S/C13H24N4O2S2/c1-5-9-6-7-10(8(9)2)15-13-11(12(14)16-20-13)21(18,19)17(3)4/h8-10,15H,5-7H2,1-4H3,(H2,14,16). The topological polar surface area (TPSA) is 88.3 Å². The zero-order chi connectivity index (χ0) is 15.8. The molecule has 1 aromatic rings. The Bertz CT molecular complexity index is 597. The van der Waals surface area contributed by atoms with E-state index in [4.69, 9.17) is 5.73 Å². The summed E-state index contributed by atoms with van der Waals surface area (Å²) in [5.74, 6) is 1.30. The summed E-state index contributed by atoms with van der Waals surface area (Å²) < 4.78 is 30.0. The molecule has 1 aromatic heterocycles. The number of aromatic nitrogens is 1. The highest BCUT2D eigenvalue weighted by atomic mass is 32.2. The number of hydrogen-bond acceptors (Lipinski definition) is 6. The zero-order valence-corrected chi connectivity index (χ0v) is 14.6. The number of nitrogens with one attached hydrogen (secondary N) is 1. The third-order valence-corrected chi connectivity index (χ3v) is 7.29. The Balaban J connectivity index is 2.27. The number of nitrogens with zero attached hydrogens (tertiary/aromatic N) is 2. The average molecular weight is 332 g/mol. The maximum Gasteiger partial charge on any atom is 0.249 e. The zero-order valence-electron chi connectivity index (χ0n) is 13.0. The van der Waals surface area contributed by atoms with E-state index in [0.717, 1.165) is 24.4 Å². The molecule has 0 amide bonds. The van der Waals surface area contributed by atoms with Crippen LogP contribution in [0.15, 0.2) is 4.90 Å². The van der Waals surface area contributed by atoms with Gasteiger partial charge < -0.3 is 11.1 Å². The summed E-state index contributed by atoms with van der Waals surface area (Å²) in [6.07, 6.45) is 3.39. The molecule has 3 N–H and O–H groups in total. The van der Waals surface area contributed by atoms with E-state index in [0.29, 0.717) is 16.8 Å². The molecule has 1 heterocycles. The quantitative estimate of drug-likeness (QED) is 0.863. The van der Waals surface area contributed by atoms with E-state index in [1.165, 1.54) is 24.8 Å². The summed E-state index contributed by atoms with van der Waals surface area (Å²) in [4.78, 5) is 0.115. The molecule has 21 heavy (non-hydrogen) atoms. The fraction of sp³-hybridized carbons (Fsp3) is 0.769. The van der Waals surface area contributed by atoms with Gasteiger partial charge in [-0.1, -0.05) is 20.3 Å². The van der Waals surface area contributed by atoms with Crippen molar-refractivity contribution in [1.29, 1.82) is 0 Å². The van der Waals surface area contributed by atoms with E-state index in [1.807, 2.05) is 0 Å². The summed E-state index contributed by atoms with van der Waals surface area (Å²) in [6, 6.07) is 0.283. The molecule has 0 aromatic carbocycles. The first-order chi connectivity index (χ1) is 9.78. The monoisotopic (exact) mass is 332 g/mol. The maximum absolute atomic E-state index is 12.4. The molecule has 8 heteroatoms. The van der Waals surface area contributed by atoms with Crippen LogP contribution in [0.5, 0.6) is 0 Å². The Morgan fingerprint density at radius 2 is 2.10 bits per heavy atom. The lowest BCUT2D eigenvalue weighted by Crippen LogP contribution is -2.27. The summed E-state index contributed by atoms with van der Waals surface area (Å²) in [7, 11) is -0.576. The molecule has 0 saturated heterocycles. The van der Waals surface area contributed by atoms with Gasteiger partial charge in [0.1, 0.15) is 5.00 Å². The Labute approximate surface area is 130 Å². The fourth-order valence-electron chi connectivity index (χ4n) is 3.01. The third-order valence-electron chi connectivity index (χ3n) is 4.48. The second-order valence-electron chi connectivity index (χ2n) is 5.87. The lowest BCUT2D eigenvalue weighted by Gasteiger charge is -2.22. The molecule has 6 nitrogen and oxygen atoms in total. The predicted molar refractivity (Wildman–Crippen MR) is 87.0 cm³/mol. The molecule has 120 valence electrons. The first kappa shape index (κ1) is 16.5. The molecule has 0 bridgehead atoms. The average Bonchev–Trinajstić information content (AvgIpc) is 2.94. The molecule has 1 fully saturated rings. The van der Waals surface area contributed by atoms with Crippen LogP contribution in [0.3, 0.4) is 0 Å². The van der Waals surface area contributed by atoms with Crippen molar-refractivity contribution in [2.24, 2.45) is 11.8 Å². The molecule has 0 spiro atoms. The molecular formula is C13H24N4O2S2. The Morgan fingerprint density at radius 3 is 2.62 bits per heavy atom. The molecule has 0 radical (unpaired) electrons. The molecule has 2 rings (SSSR count). The van der Waals surface area contributed by atoms with Crippen LogP contribution in [-0.2, 0) is 10.0 Å². The molecule has 1 saturated carbocycles. The van der Waals surface area contributed by atoms with Crippen LogP contribution in [0.1, 0.15) is 33.1 Å². The van der Waals surface area contributed by atoms with Crippen molar-refractivity contribution in [2.75, 3.05) is 25.1 Å². The van der Waals surface area contributed by atoms with E-state index in [1.54, 1.807) is 0 Å². The van der Waals surface area contributed by atoms with Gasteiger partial charge >= 0.3 is 0 Å². The van der Waals surface area contributed by atoms with Crippen LogP contribution < -0.4 is 11.1 Å². The minimum absolute atomic E-state index is 0.0777. The van der Waals surface area contributed by atoms with Crippen molar-refractivity contribution in [3.8, 4) is 0 Å². The Morgan fingerprint density at radius 1 is 1.43 bits per heavy atom. The van der Waals surface area contributed by atoms with Gasteiger partial charge in [-0.2, -0.15) is 4.37 Å². The second kappa shape index (κ2) is 6.10. The summed E-state index contributed by atoms with van der Waals surface area (Å²) in [6.45, 7) is 4.43. The number of sulfonamides is 1. The third kappa shape index (κ3) is 3.02. The highest BCUT2D eigenvalue weighted by molar-refractivity contribution is 7.89. The fourth-order valence-corrected chi connectivity index (χ4v) is 5.14. The molecule has 1 aliphatic carbocycles. The number of hydrogen-bond donors (Lipinski definition) is 2. The largest absolute Gasteiger partial charge is 0.382 e. The lowest BCUT2D eigenvalue weighted by atomic mass is 9.93. The van der Waals surface area contributed by atoms with Crippen molar-refractivity contribution in [3.63, 3.8) is 0 Å². The summed E-state index contributed by atoms with van der Waals surface area (Å²) in [5.41, 5.74) is 5.78. The summed E-state index contributed by atoms with van der Waals surface area (Å²) in [5, 5.41) is 3.94. The van der Waals surface area contributed by atoms with Crippen LogP contribution in [-0.4, -0.2) is 37.2 Å². The predicted octanol–water partition coefficient (Wildman–Crippen LogP) is 2.21. The highest BCUT2D eigenvalue weighted by Gasteiger charge is 2.34. The lowest BCUT2D eigenvalue weighted by molar-refractivity contribution is 0.392. The summed E-state index contributed by atoms with van der Waals surface area (Å²) >= 11 is 1.13. The van der Waals surface area contributed by atoms with Crippen LogP contribution >= 0.6 is 11.5 Å². The van der Waals surface area contributed by atoms with Gasteiger partial charge in [-0.05, 0) is 36.2 Å². The van der Waals surface area contributed by atoms with E-state index >= 15 is 0 Å². The van der Waals surface area contributed by atoms with Crippen LogP contribution in [0.25, 0.3) is 0 Å². The van der Waals surface area contributed by atoms with E-state index in [-0.39, 0.29) is 16.8 Å². The Hall–Kier alpha value is -0.860. The molecule has 3 unspecified atom stereocenters. The first-order valence-electron chi connectivity index (χ1n) is 7.23. The number of nitrogens with two attached hydrogens (primary N) is 1. The normalized spacial score (nSPS) is 26.4. The van der Waals surface area contributed by atoms with Gasteiger partial charge in [0, 0.05) is 20.1 Å². The van der Waals surface area contributed by atoms with Gasteiger partial charge in [-0.3, -0.25) is 0 Å². The van der Waals surface area contributed by atoms with Crippen molar-refractivity contribution >= 4 is 32.4 Å². The van der Waals surface area contributed by atoms with Gasteiger partial charge in [0.05, 0.1) is 0 Å². The van der Waals surface area contributed by atoms with Crippen molar-refractivity contribution in [1.82, 2.24) is 8.68 Å². The van der Waals surface area contributed by atoms with Crippen LogP contribution in [0.4, 0.5) is 10.8 Å². The van der Waals surface area contributed by atoms with E-state index < -0.39 is 10.0 Å². The van der Waals surface area contributed by atoms with Crippen molar-refractivity contribution in [2.45, 2.75) is 44.0 Å². The first-order valence-corrected chi connectivity index (χ1v) is 9.44. The van der Waals surface area contributed by atoms with E-state index in [2.05, 4.69) is 23.5 Å². The molecule has 3 atom stereocenters. The number of anilines is 2. The number of nitrogen functional groups attached to an aromatic ring is 1. The van der Waals surface area contributed by atoms with E-state index in [9.17, 15) is 8.42 Å². The van der Waals surface area contributed by atoms with Crippen molar-refractivity contribution < 1.29 is 8.42 Å². The molecular weight excluding hydrogens is 308 g/mol. The minimum Gasteiger partial charge on any atom is -0.382 e. The van der Waals surface area contributed by atoms with Crippen LogP contribution in [0.2, 0.25) is 0 Å². The van der Waals surface area contributed by atoms with Crippen molar-refractivity contribution in [3.05, 3.63) is 0 Å². The smallest absolute Gasteiger partial charge is 0.249 e.